The van der Waals surface area contributed by atoms with Crippen LogP contribution in [0.25, 0.3) is 0 Å². The van der Waals surface area contributed by atoms with Crippen molar-refractivity contribution in [3.63, 3.8) is 0 Å². The number of nitrogens with one attached hydrogen (secondary N) is 1. The van der Waals surface area contributed by atoms with Crippen LogP contribution in [0.1, 0.15) is 24.0 Å². The first kappa shape index (κ1) is 16.2. The molecule has 0 aliphatic rings. The Morgan fingerprint density at radius 1 is 1.38 bits per heavy atom. The van der Waals surface area contributed by atoms with Crippen molar-refractivity contribution in [2.45, 2.75) is 31.3 Å². The van der Waals surface area contributed by atoms with E-state index in [0.717, 1.165) is 17.8 Å². The molecule has 2 aromatic rings. The summed E-state index contributed by atoms with van der Waals surface area (Å²) in [7, 11) is -1.93. The van der Waals surface area contributed by atoms with Gasteiger partial charge in [0.25, 0.3) is 0 Å². The van der Waals surface area contributed by atoms with Gasteiger partial charge in [0.2, 0.25) is 10.0 Å². The molecular weight excluding hydrogens is 308 g/mol. The average Bonchev–Trinajstić information content (AvgIpc) is 3.10. The molecule has 0 amide bonds. The Labute approximate surface area is 129 Å². The summed E-state index contributed by atoms with van der Waals surface area (Å²) >= 11 is 1.46. The van der Waals surface area contributed by atoms with Gasteiger partial charge in [-0.2, -0.15) is 4.31 Å². The van der Waals surface area contributed by atoms with Crippen LogP contribution in [-0.4, -0.2) is 26.3 Å². The molecule has 0 saturated heterocycles. The summed E-state index contributed by atoms with van der Waals surface area (Å²) in [6.45, 7) is 3.76. The molecule has 0 saturated carbocycles. The summed E-state index contributed by atoms with van der Waals surface area (Å²) in [6, 6.07) is 5.19. The van der Waals surface area contributed by atoms with Gasteiger partial charge < -0.3 is 9.73 Å². The van der Waals surface area contributed by atoms with Crippen molar-refractivity contribution < 1.29 is 12.8 Å². The molecule has 0 aromatic carbocycles. The van der Waals surface area contributed by atoms with Gasteiger partial charge in [0, 0.05) is 18.5 Å². The Balaban J connectivity index is 2.13. The number of thiophene rings is 1. The van der Waals surface area contributed by atoms with Crippen LogP contribution in [0.15, 0.2) is 39.2 Å². The Morgan fingerprint density at radius 3 is 2.86 bits per heavy atom. The summed E-state index contributed by atoms with van der Waals surface area (Å²) in [5.74, 6) is 0.627. The number of rotatable bonds is 8. The van der Waals surface area contributed by atoms with Gasteiger partial charge in [-0.25, -0.2) is 8.42 Å². The van der Waals surface area contributed by atoms with E-state index >= 15 is 0 Å². The number of furan rings is 1. The van der Waals surface area contributed by atoms with Gasteiger partial charge in [0.1, 0.15) is 5.76 Å². The van der Waals surface area contributed by atoms with Crippen LogP contribution >= 0.6 is 11.3 Å². The minimum atomic E-state index is -3.50. The maximum atomic E-state index is 12.6. The predicted molar refractivity (Wildman–Crippen MR) is 83.7 cm³/mol. The molecule has 0 aliphatic heterocycles. The minimum absolute atomic E-state index is 0.229. The standard InChI is InChI=1S/C14H20N2O3S2/c1-3-7-15-10-13-14(6-9-20-13)21(17,18)16(2)11-12-5-4-8-19-12/h4-6,8-9,15H,3,7,10-11H2,1-2H3. The maximum absolute atomic E-state index is 12.6. The van der Waals surface area contributed by atoms with Crippen molar-refractivity contribution in [3.8, 4) is 0 Å². The fourth-order valence-electron chi connectivity index (χ4n) is 1.94. The van der Waals surface area contributed by atoms with Crippen molar-refractivity contribution >= 4 is 21.4 Å². The van der Waals surface area contributed by atoms with Gasteiger partial charge in [-0.1, -0.05) is 6.92 Å². The molecule has 2 aromatic heterocycles. The molecule has 5 nitrogen and oxygen atoms in total. The molecule has 0 unspecified atom stereocenters. The van der Waals surface area contributed by atoms with Crippen LogP contribution in [0, 0.1) is 0 Å². The Hall–Kier alpha value is -1.15. The van der Waals surface area contributed by atoms with Crippen molar-refractivity contribution in [1.82, 2.24) is 9.62 Å². The Bertz CT molecular complexity index is 648. The van der Waals surface area contributed by atoms with Crippen LogP contribution in [0.4, 0.5) is 0 Å². The van der Waals surface area contributed by atoms with Crippen LogP contribution in [-0.2, 0) is 23.1 Å². The van der Waals surface area contributed by atoms with Crippen LogP contribution in [0.2, 0.25) is 0 Å². The molecule has 0 atom stereocenters. The lowest BCUT2D eigenvalue weighted by molar-refractivity contribution is 0.406. The van der Waals surface area contributed by atoms with E-state index in [1.54, 1.807) is 31.5 Å². The fraction of sp³-hybridized carbons (Fsp3) is 0.429. The summed E-state index contributed by atoms with van der Waals surface area (Å²) in [6.07, 6.45) is 2.56. The second kappa shape index (κ2) is 7.22. The predicted octanol–water partition coefficient (Wildman–Crippen LogP) is 2.66. The Kier molecular flexibility index (Phi) is 5.58. The number of nitrogens with zero attached hydrogens (tertiary/aromatic N) is 1. The van der Waals surface area contributed by atoms with E-state index in [-0.39, 0.29) is 6.54 Å². The summed E-state index contributed by atoms with van der Waals surface area (Å²) in [5.41, 5.74) is 0. The van der Waals surface area contributed by atoms with Gasteiger partial charge in [-0.3, -0.25) is 0 Å². The Morgan fingerprint density at radius 2 is 2.19 bits per heavy atom. The zero-order valence-electron chi connectivity index (χ0n) is 12.2. The van der Waals surface area contributed by atoms with E-state index in [2.05, 4.69) is 12.2 Å². The van der Waals surface area contributed by atoms with Gasteiger partial charge >= 0.3 is 0 Å². The molecule has 0 radical (unpaired) electrons. The second-order valence-corrected chi connectivity index (χ2v) is 7.74. The zero-order valence-corrected chi connectivity index (χ0v) is 13.8. The average molecular weight is 328 g/mol. The van der Waals surface area contributed by atoms with Crippen molar-refractivity contribution in [2.24, 2.45) is 0 Å². The van der Waals surface area contributed by atoms with E-state index < -0.39 is 10.0 Å². The highest BCUT2D eigenvalue weighted by molar-refractivity contribution is 7.89. The molecule has 0 aliphatic carbocycles. The first-order valence-corrected chi connectivity index (χ1v) is 9.13. The van der Waals surface area contributed by atoms with Crippen molar-refractivity contribution in [3.05, 3.63) is 40.5 Å². The largest absolute Gasteiger partial charge is 0.468 e. The monoisotopic (exact) mass is 328 g/mol. The van der Waals surface area contributed by atoms with E-state index in [4.69, 9.17) is 4.42 Å². The number of hydrogen-bond acceptors (Lipinski definition) is 5. The summed E-state index contributed by atoms with van der Waals surface area (Å²) in [4.78, 5) is 1.22. The van der Waals surface area contributed by atoms with Gasteiger partial charge in [-0.15, -0.1) is 11.3 Å². The van der Waals surface area contributed by atoms with Crippen LogP contribution < -0.4 is 5.32 Å². The maximum Gasteiger partial charge on any atom is 0.244 e. The van der Waals surface area contributed by atoms with Crippen molar-refractivity contribution in [1.29, 1.82) is 0 Å². The molecule has 0 bridgehead atoms. The SMILES string of the molecule is CCCNCc1sccc1S(=O)(=O)N(C)Cc1ccco1. The highest BCUT2D eigenvalue weighted by Gasteiger charge is 2.25. The molecule has 0 spiro atoms. The summed E-state index contributed by atoms with van der Waals surface area (Å²) < 4.78 is 31.8. The number of hydrogen-bond donors (Lipinski definition) is 1. The third-order valence-corrected chi connectivity index (χ3v) is 6.00. The van der Waals surface area contributed by atoms with Gasteiger partial charge in [0.15, 0.2) is 0 Å². The molecule has 0 fully saturated rings. The highest BCUT2D eigenvalue weighted by atomic mass is 32.2. The summed E-state index contributed by atoms with van der Waals surface area (Å²) in [5, 5.41) is 5.06. The molecule has 2 heterocycles. The van der Waals surface area contributed by atoms with E-state index in [1.165, 1.54) is 15.6 Å². The molecule has 1 N–H and O–H groups in total. The smallest absolute Gasteiger partial charge is 0.244 e. The van der Waals surface area contributed by atoms with E-state index in [0.29, 0.717) is 17.2 Å². The minimum Gasteiger partial charge on any atom is -0.468 e. The lowest BCUT2D eigenvalue weighted by Gasteiger charge is -2.16. The lowest BCUT2D eigenvalue weighted by atomic mass is 10.4. The van der Waals surface area contributed by atoms with Gasteiger partial charge in [0.05, 0.1) is 17.7 Å². The molecule has 116 valence electrons. The van der Waals surface area contributed by atoms with Crippen LogP contribution in [0.5, 0.6) is 0 Å². The van der Waals surface area contributed by atoms with E-state index in [1.807, 2.05) is 5.38 Å². The fourth-order valence-corrected chi connectivity index (χ4v) is 4.46. The first-order valence-electron chi connectivity index (χ1n) is 6.81. The first-order chi connectivity index (χ1) is 10.1. The second-order valence-electron chi connectivity index (χ2n) is 4.73. The van der Waals surface area contributed by atoms with Crippen molar-refractivity contribution in [2.75, 3.05) is 13.6 Å². The number of sulfonamides is 1. The quantitative estimate of drug-likeness (QED) is 0.757. The third kappa shape index (κ3) is 3.94. The third-order valence-electron chi connectivity index (χ3n) is 3.06. The lowest BCUT2D eigenvalue weighted by Crippen LogP contribution is -2.27. The highest BCUT2D eigenvalue weighted by Crippen LogP contribution is 2.25. The normalized spacial score (nSPS) is 12.1. The van der Waals surface area contributed by atoms with E-state index in [9.17, 15) is 8.42 Å². The molecular formula is C14H20N2O3S2. The van der Waals surface area contributed by atoms with Gasteiger partial charge in [-0.05, 0) is 36.5 Å². The molecule has 7 heteroatoms. The zero-order chi connectivity index (χ0) is 15.3. The molecule has 2 rings (SSSR count). The molecule has 21 heavy (non-hydrogen) atoms. The van der Waals surface area contributed by atoms with Crippen LogP contribution in [0.3, 0.4) is 0 Å². The topological polar surface area (TPSA) is 62.6 Å².